The summed E-state index contributed by atoms with van der Waals surface area (Å²) in [6.07, 6.45) is -0.0936. The summed E-state index contributed by atoms with van der Waals surface area (Å²) in [5.74, 6) is 0.968. The van der Waals surface area contributed by atoms with Crippen LogP contribution in [0.2, 0.25) is 0 Å². The van der Waals surface area contributed by atoms with Gasteiger partial charge >= 0.3 is 0 Å². The van der Waals surface area contributed by atoms with Crippen LogP contribution in [0.1, 0.15) is 10.4 Å². The molecule has 1 saturated heterocycles. The molecule has 0 unspecified atom stereocenters. The highest BCUT2D eigenvalue weighted by Crippen LogP contribution is 2.28. The van der Waals surface area contributed by atoms with E-state index in [1.54, 1.807) is 37.3 Å². The Hall–Kier alpha value is -1.83. The van der Waals surface area contributed by atoms with Gasteiger partial charge in [-0.15, -0.1) is 0 Å². The fraction of sp³-hybridized carbons (Fsp3) is 0.562. The van der Waals surface area contributed by atoms with Crippen LogP contribution in [-0.2, 0) is 9.47 Å². The first-order chi connectivity index (χ1) is 11.2. The van der Waals surface area contributed by atoms with E-state index >= 15 is 0 Å². The molecule has 1 aliphatic heterocycles. The topological polar surface area (TPSA) is 83.2 Å². The highest BCUT2D eigenvalue weighted by Gasteiger charge is 2.21. The zero-order valence-electron chi connectivity index (χ0n) is 13.6. The average Bonchev–Trinajstić information content (AvgIpc) is 2.59. The maximum absolute atomic E-state index is 12.6. The summed E-state index contributed by atoms with van der Waals surface area (Å²) in [7, 11) is 3.30. The van der Waals surface area contributed by atoms with E-state index in [4.69, 9.17) is 24.7 Å². The molecule has 1 aliphatic rings. The Bertz CT molecular complexity index is 517. The molecule has 23 heavy (non-hydrogen) atoms. The van der Waals surface area contributed by atoms with Crippen molar-refractivity contribution < 1.29 is 23.7 Å². The molecular weight excluding hydrogens is 300 g/mol. The summed E-state index contributed by atoms with van der Waals surface area (Å²) in [4.78, 5) is 14.2. The Morgan fingerprint density at radius 2 is 2.22 bits per heavy atom. The molecule has 0 saturated carbocycles. The minimum absolute atomic E-state index is 0.0936. The number of amides is 1. The third-order valence-electron chi connectivity index (χ3n) is 3.50. The SMILES string of the molecule is COc1ccc(C(=O)N(C)C[C@H]2COCCO2)cc1OCCN. The van der Waals surface area contributed by atoms with Crippen molar-refractivity contribution in [2.24, 2.45) is 5.73 Å². The predicted molar refractivity (Wildman–Crippen MR) is 85.1 cm³/mol. The molecule has 0 aromatic heterocycles. The van der Waals surface area contributed by atoms with E-state index in [-0.39, 0.29) is 12.0 Å². The van der Waals surface area contributed by atoms with Crippen molar-refractivity contribution in [3.8, 4) is 11.5 Å². The molecule has 0 radical (unpaired) electrons. The number of carbonyl (C=O) groups excluding carboxylic acids is 1. The average molecular weight is 324 g/mol. The minimum Gasteiger partial charge on any atom is -0.493 e. The molecular formula is C16H24N2O5. The van der Waals surface area contributed by atoms with Crippen LogP contribution >= 0.6 is 0 Å². The molecule has 0 aliphatic carbocycles. The smallest absolute Gasteiger partial charge is 0.253 e. The lowest BCUT2D eigenvalue weighted by Gasteiger charge is -2.27. The zero-order valence-corrected chi connectivity index (χ0v) is 13.6. The highest BCUT2D eigenvalue weighted by atomic mass is 16.6. The van der Waals surface area contributed by atoms with Crippen LogP contribution in [0, 0.1) is 0 Å². The van der Waals surface area contributed by atoms with Crippen LogP contribution in [-0.4, -0.2) is 70.6 Å². The molecule has 7 heteroatoms. The Morgan fingerprint density at radius 1 is 1.39 bits per heavy atom. The second kappa shape index (κ2) is 8.71. The number of nitrogens with two attached hydrogens (primary N) is 1. The maximum Gasteiger partial charge on any atom is 0.253 e. The summed E-state index contributed by atoms with van der Waals surface area (Å²) in [6.45, 7) is 2.90. The first-order valence-electron chi connectivity index (χ1n) is 7.61. The molecule has 2 rings (SSSR count). The zero-order chi connectivity index (χ0) is 16.7. The monoisotopic (exact) mass is 324 g/mol. The molecule has 7 nitrogen and oxygen atoms in total. The van der Waals surface area contributed by atoms with Crippen molar-refractivity contribution in [3.05, 3.63) is 23.8 Å². The van der Waals surface area contributed by atoms with Crippen LogP contribution < -0.4 is 15.2 Å². The predicted octanol–water partition coefficient (Wildman–Crippen LogP) is 0.520. The number of likely N-dealkylation sites (N-methyl/N-ethyl adjacent to an activating group) is 1. The normalized spacial score (nSPS) is 17.6. The minimum atomic E-state index is -0.112. The van der Waals surface area contributed by atoms with Crippen LogP contribution in [0.15, 0.2) is 18.2 Å². The molecule has 1 aromatic rings. The summed E-state index contributed by atoms with van der Waals surface area (Å²) < 4.78 is 21.7. The number of methoxy groups -OCH3 is 1. The van der Waals surface area contributed by atoms with E-state index < -0.39 is 0 Å². The van der Waals surface area contributed by atoms with Gasteiger partial charge in [0.2, 0.25) is 0 Å². The van der Waals surface area contributed by atoms with Crippen molar-refractivity contribution in [2.75, 3.05) is 53.7 Å². The van der Waals surface area contributed by atoms with E-state index in [1.807, 2.05) is 0 Å². The maximum atomic E-state index is 12.6. The second-order valence-electron chi connectivity index (χ2n) is 5.26. The fourth-order valence-corrected chi connectivity index (χ4v) is 2.34. The molecule has 0 bridgehead atoms. The Balaban J connectivity index is 2.04. The highest BCUT2D eigenvalue weighted by molar-refractivity contribution is 5.94. The number of ether oxygens (including phenoxy) is 4. The summed E-state index contributed by atoms with van der Waals surface area (Å²) in [6, 6.07) is 5.10. The third-order valence-corrected chi connectivity index (χ3v) is 3.50. The molecule has 0 spiro atoms. The van der Waals surface area contributed by atoms with Gasteiger partial charge in [-0.2, -0.15) is 0 Å². The van der Waals surface area contributed by atoms with E-state index in [0.717, 1.165) is 0 Å². The van der Waals surface area contributed by atoms with Crippen LogP contribution in [0.5, 0.6) is 11.5 Å². The first kappa shape index (κ1) is 17.5. The van der Waals surface area contributed by atoms with Gasteiger partial charge in [-0.1, -0.05) is 0 Å². The largest absolute Gasteiger partial charge is 0.493 e. The van der Waals surface area contributed by atoms with Gasteiger partial charge in [0.05, 0.1) is 33.0 Å². The number of benzene rings is 1. The lowest BCUT2D eigenvalue weighted by atomic mass is 10.1. The van der Waals surface area contributed by atoms with Crippen molar-refractivity contribution >= 4 is 5.91 Å². The van der Waals surface area contributed by atoms with Crippen LogP contribution in [0.3, 0.4) is 0 Å². The number of rotatable bonds is 7. The Morgan fingerprint density at radius 3 is 2.87 bits per heavy atom. The van der Waals surface area contributed by atoms with Crippen LogP contribution in [0.4, 0.5) is 0 Å². The van der Waals surface area contributed by atoms with Crippen LogP contribution in [0.25, 0.3) is 0 Å². The van der Waals surface area contributed by atoms with Crippen molar-refractivity contribution in [2.45, 2.75) is 6.10 Å². The summed E-state index contributed by atoms with van der Waals surface area (Å²) >= 11 is 0. The van der Waals surface area contributed by atoms with Gasteiger partial charge < -0.3 is 29.6 Å². The van der Waals surface area contributed by atoms with Gasteiger partial charge in [-0.05, 0) is 18.2 Å². The quantitative estimate of drug-likeness (QED) is 0.787. The van der Waals surface area contributed by atoms with Gasteiger partial charge in [-0.3, -0.25) is 4.79 Å². The van der Waals surface area contributed by atoms with Gasteiger partial charge in [0.25, 0.3) is 5.91 Å². The molecule has 1 atom stereocenters. The van der Waals surface area contributed by atoms with Gasteiger partial charge in [-0.25, -0.2) is 0 Å². The number of nitrogens with zero attached hydrogens (tertiary/aromatic N) is 1. The lowest BCUT2D eigenvalue weighted by molar-refractivity contribution is -0.0933. The first-order valence-corrected chi connectivity index (χ1v) is 7.61. The standard InChI is InChI=1S/C16H24N2O5/c1-18(10-13-11-21-7-8-22-13)16(19)12-3-4-14(20-2)15(9-12)23-6-5-17/h3-4,9,13H,5-8,10-11,17H2,1-2H3/t13-/m0/s1. The van der Waals surface area contributed by atoms with Gasteiger partial charge in [0.15, 0.2) is 11.5 Å². The molecule has 1 aromatic carbocycles. The Kier molecular flexibility index (Phi) is 6.64. The van der Waals surface area contributed by atoms with Crippen molar-refractivity contribution in [3.63, 3.8) is 0 Å². The van der Waals surface area contributed by atoms with Crippen molar-refractivity contribution in [1.82, 2.24) is 4.90 Å². The summed E-state index contributed by atoms with van der Waals surface area (Å²) in [5, 5.41) is 0. The number of carbonyl (C=O) groups is 1. The van der Waals surface area contributed by atoms with E-state index in [0.29, 0.717) is 56.6 Å². The number of hydrogen-bond acceptors (Lipinski definition) is 6. The molecule has 1 fully saturated rings. The molecule has 128 valence electrons. The van der Waals surface area contributed by atoms with E-state index in [2.05, 4.69) is 0 Å². The van der Waals surface area contributed by atoms with E-state index in [1.165, 1.54) is 0 Å². The number of hydrogen-bond donors (Lipinski definition) is 1. The van der Waals surface area contributed by atoms with Gasteiger partial charge in [0.1, 0.15) is 6.61 Å². The second-order valence-corrected chi connectivity index (χ2v) is 5.26. The van der Waals surface area contributed by atoms with Crippen molar-refractivity contribution in [1.29, 1.82) is 0 Å². The molecule has 1 heterocycles. The third kappa shape index (κ3) is 4.82. The van der Waals surface area contributed by atoms with Gasteiger partial charge in [0, 0.05) is 25.7 Å². The fourth-order valence-electron chi connectivity index (χ4n) is 2.34. The molecule has 2 N–H and O–H groups in total. The lowest BCUT2D eigenvalue weighted by Crippen LogP contribution is -2.40. The summed E-state index contributed by atoms with van der Waals surface area (Å²) in [5.41, 5.74) is 5.98. The van der Waals surface area contributed by atoms with E-state index in [9.17, 15) is 4.79 Å². The Labute approximate surface area is 136 Å². The molecule has 1 amide bonds.